The Morgan fingerprint density at radius 3 is 2.54 bits per heavy atom. The van der Waals surface area contributed by atoms with E-state index in [0.29, 0.717) is 18.5 Å². The van der Waals surface area contributed by atoms with Gasteiger partial charge in [0.2, 0.25) is 11.8 Å². The van der Waals surface area contributed by atoms with Gasteiger partial charge in [-0.3, -0.25) is 19.7 Å². The number of fused-ring (bicyclic) bond motifs is 1. The standard InChI is InChI=1S/C31H44N4O6/c1-31(2,3)41-30(39)33-20-11-9-19(10-12-20)32-25(14-13-21-6-5-17-40-21)22-7-4-8-23-24(22)18-35(29(23)38)26-15-16-27(36)34-28(26)37/h4,7-8,19-21,25-26,32H,5-6,9-18H2,1-3H3,(H,33,39)(H,34,36,37)/t19?,20?,21-,25+,26+/m0/s1. The lowest BCUT2D eigenvalue weighted by molar-refractivity contribution is -0.136. The van der Waals surface area contributed by atoms with Crippen molar-refractivity contribution in [2.45, 2.75) is 127 Å². The van der Waals surface area contributed by atoms with Gasteiger partial charge in [-0.25, -0.2) is 4.79 Å². The summed E-state index contributed by atoms with van der Waals surface area (Å²) in [5.41, 5.74) is 2.18. The van der Waals surface area contributed by atoms with E-state index in [2.05, 4.69) is 22.0 Å². The number of carbonyl (C=O) groups excluding carboxylic acids is 4. The fraction of sp³-hybridized carbons (Fsp3) is 0.677. The van der Waals surface area contributed by atoms with E-state index in [1.165, 1.54) is 0 Å². The van der Waals surface area contributed by atoms with Gasteiger partial charge >= 0.3 is 6.09 Å². The number of nitrogens with zero attached hydrogens (tertiary/aromatic N) is 1. The Balaban J connectivity index is 1.28. The highest BCUT2D eigenvalue weighted by Gasteiger charge is 2.40. The van der Waals surface area contributed by atoms with Crippen LogP contribution in [-0.2, 0) is 25.6 Å². The van der Waals surface area contributed by atoms with E-state index in [0.717, 1.165) is 69.1 Å². The molecule has 10 heteroatoms. The van der Waals surface area contributed by atoms with Crippen LogP contribution in [0.2, 0.25) is 0 Å². The summed E-state index contributed by atoms with van der Waals surface area (Å²) in [6.45, 7) is 6.77. The van der Waals surface area contributed by atoms with E-state index >= 15 is 0 Å². The lowest BCUT2D eigenvalue weighted by atomic mass is 9.88. The summed E-state index contributed by atoms with van der Waals surface area (Å²) >= 11 is 0. The highest BCUT2D eigenvalue weighted by Crippen LogP contribution is 2.35. The number of hydrogen-bond donors (Lipinski definition) is 3. The van der Waals surface area contributed by atoms with Gasteiger partial charge in [-0.2, -0.15) is 0 Å². The van der Waals surface area contributed by atoms with E-state index in [4.69, 9.17) is 9.47 Å². The topological polar surface area (TPSA) is 126 Å². The third-order valence-corrected chi connectivity index (χ3v) is 8.68. The Hall–Kier alpha value is -2.98. The van der Waals surface area contributed by atoms with Crippen LogP contribution in [0.5, 0.6) is 0 Å². The van der Waals surface area contributed by atoms with Crippen molar-refractivity contribution in [3.63, 3.8) is 0 Å². The molecule has 1 aromatic carbocycles. The minimum Gasteiger partial charge on any atom is -0.444 e. The van der Waals surface area contributed by atoms with Crippen LogP contribution in [0.1, 0.15) is 113 Å². The van der Waals surface area contributed by atoms with Crippen LogP contribution in [0.25, 0.3) is 0 Å². The van der Waals surface area contributed by atoms with Crippen LogP contribution in [0, 0.1) is 0 Å². The molecule has 1 aromatic rings. The largest absolute Gasteiger partial charge is 0.444 e. The molecule has 3 atom stereocenters. The second-order valence-corrected chi connectivity index (χ2v) is 12.9. The molecule has 3 heterocycles. The van der Waals surface area contributed by atoms with Crippen molar-refractivity contribution in [2.75, 3.05) is 6.61 Å². The number of piperidine rings is 1. The number of benzene rings is 1. The van der Waals surface area contributed by atoms with Gasteiger partial charge in [0.15, 0.2) is 0 Å². The number of amides is 4. The van der Waals surface area contributed by atoms with Crippen molar-refractivity contribution in [3.05, 3.63) is 34.9 Å². The quantitative estimate of drug-likeness (QED) is 0.407. The van der Waals surface area contributed by atoms with E-state index in [9.17, 15) is 19.2 Å². The van der Waals surface area contributed by atoms with Gasteiger partial charge in [0.1, 0.15) is 11.6 Å². The first-order valence-electron chi connectivity index (χ1n) is 15.2. The molecule has 3 fully saturated rings. The van der Waals surface area contributed by atoms with Crippen LogP contribution in [0.3, 0.4) is 0 Å². The third-order valence-electron chi connectivity index (χ3n) is 8.68. The zero-order chi connectivity index (χ0) is 29.1. The molecule has 0 radical (unpaired) electrons. The van der Waals surface area contributed by atoms with Crippen molar-refractivity contribution in [1.82, 2.24) is 20.9 Å². The second kappa shape index (κ2) is 12.5. The predicted octanol–water partition coefficient (Wildman–Crippen LogP) is 3.87. The van der Waals surface area contributed by atoms with Crippen LogP contribution in [0.15, 0.2) is 18.2 Å². The molecule has 4 amide bonds. The Morgan fingerprint density at radius 2 is 1.85 bits per heavy atom. The molecule has 3 aliphatic heterocycles. The van der Waals surface area contributed by atoms with Gasteiger partial charge in [0.25, 0.3) is 5.91 Å². The highest BCUT2D eigenvalue weighted by atomic mass is 16.6. The first kappa shape index (κ1) is 29.5. The fourth-order valence-corrected chi connectivity index (χ4v) is 6.65. The summed E-state index contributed by atoms with van der Waals surface area (Å²) in [6, 6.07) is 5.65. The van der Waals surface area contributed by atoms with E-state index < -0.39 is 17.6 Å². The predicted molar refractivity (Wildman–Crippen MR) is 152 cm³/mol. The van der Waals surface area contributed by atoms with Gasteiger partial charge in [-0.15, -0.1) is 0 Å². The highest BCUT2D eigenvalue weighted by molar-refractivity contribution is 6.05. The summed E-state index contributed by atoms with van der Waals surface area (Å²) in [5.74, 6) is -0.831. The average molecular weight is 569 g/mol. The Labute approximate surface area is 242 Å². The number of hydrogen-bond acceptors (Lipinski definition) is 7. The Bertz CT molecular complexity index is 1150. The fourth-order valence-electron chi connectivity index (χ4n) is 6.65. The number of imide groups is 1. The number of alkyl carbamates (subject to hydrolysis) is 1. The molecule has 2 saturated heterocycles. The molecule has 41 heavy (non-hydrogen) atoms. The molecule has 10 nitrogen and oxygen atoms in total. The Kier molecular flexibility index (Phi) is 8.99. The summed E-state index contributed by atoms with van der Waals surface area (Å²) in [5, 5.41) is 9.32. The number of carbonyl (C=O) groups is 4. The van der Waals surface area contributed by atoms with Crippen LogP contribution >= 0.6 is 0 Å². The van der Waals surface area contributed by atoms with E-state index in [1.807, 2.05) is 32.9 Å². The Morgan fingerprint density at radius 1 is 1.10 bits per heavy atom. The molecule has 224 valence electrons. The number of ether oxygens (including phenoxy) is 2. The molecule has 4 aliphatic rings. The zero-order valence-electron chi connectivity index (χ0n) is 24.5. The van der Waals surface area contributed by atoms with Gasteiger partial charge in [-0.05, 0) is 95.8 Å². The average Bonchev–Trinajstić information content (AvgIpc) is 3.55. The normalized spacial score (nSPS) is 27.4. The van der Waals surface area contributed by atoms with Crippen molar-refractivity contribution in [1.29, 1.82) is 0 Å². The molecule has 5 rings (SSSR count). The molecule has 0 aromatic heterocycles. The number of rotatable bonds is 8. The van der Waals surface area contributed by atoms with Crippen LogP contribution in [0.4, 0.5) is 4.79 Å². The smallest absolute Gasteiger partial charge is 0.407 e. The van der Waals surface area contributed by atoms with Crippen LogP contribution < -0.4 is 16.0 Å². The van der Waals surface area contributed by atoms with Crippen molar-refractivity contribution in [3.8, 4) is 0 Å². The van der Waals surface area contributed by atoms with Crippen molar-refractivity contribution >= 4 is 23.8 Å². The van der Waals surface area contributed by atoms with Crippen LogP contribution in [-0.4, -0.2) is 65.2 Å². The molecule has 1 aliphatic carbocycles. The third kappa shape index (κ3) is 7.27. The molecule has 0 bridgehead atoms. The maximum absolute atomic E-state index is 13.4. The maximum atomic E-state index is 13.4. The second-order valence-electron chi connectivity index (χ2n) is 12.9. The minimum absolute atomic E-state index is 0.0315. The van der Waals surface area contributed by atoms with E-state index in [-0.39, 0.29) is 48.6 Å². The maximum Gasteiger partial charge on any atom is 0.407 e. The first-order chi connectivity index (χ1) is 19.6. The molecular weight excluding hydrogens is 524 g/mol. The first-order valence-corrected chi connectivity index (χ1v) is 15.2. The van der Waals surface area contributed by atoms with Gasteiger partial charge in [0, 0.05) is 43.3 Å². The lowest BCUT2D eigenvalue weighted by Gasteiger charge is -2.34. The molecule has 3 N–H and O–H groups in total. The van der Waals surface area contributed by atoms with Crippen molar-refractivity contribution < 1.29 is 28.7 Å². The molecule has 0 spiro atoms. The lowest BCUT2D eigenvalue weighted by Crippen LogP contribution is -2.52. The van der Waals surface area contributed by atoms with Gasteiger partial charge in [0.05, 0.1) is 6.10 Å². The summed E-state index contributed by atoms with van der Waals surface area (Å²) < 4.78 is 11.4. The summed E-state index contributed by atoms with van der Waals surface area (Å²) in [4.78, 5) is 51.6. The van der Waals surface area contributed by atoms with Crippen molar-refractivity contribution in [2.24, 2.45) is 0 Å². The van der Waals surface area contributed by atoms with E-state index in [1.54, 1.807) is 4.90 Å². The molecular formula is C31H44N4O6. The molecule has 0 unspecified atom stereocenters. The monoisotopic (exact) mass is 568 g/mol. The zero-order valence-corrected chi connectivity index (χ0v) is 24.5. The SMILES string of the molecule is CC(C)(C)OC(=O)NC1CCC(N[C@H](CC[C@@H]2CCCO2)c2cccc3c2CN([C@@H]2CCC(=O)NC2=O)C3=O)CC1. The molecule has 1 saturated carbocycles. The minimum atomic E-state index is -0.633. The number of nitrogens with one attached hydrogen (secondary N) is 3. The van der Waals surface area contributed by atoms with Gasteiger partial charge in [-0.1, -0.05) is 12.1 Å². The van der Waals surface area contributed by atoms with Gasteiger partial charge < -0.3 is 25.0 Å². The summed E-state index contributed by atoms with van der Waals surface area (Å²) in [7, 11) is 0. The summed E-state index contributed by atoms with van der Waals surface area (Å²) in [6.07, 6.45) is 8.03.